The molecule has 6 nitrogen and oxygen atoms in total. The second-order valence-corrected chi connectivity index (χ2v) is 5.23. The highest BCUT2D eigenvalue weighted by atomic mass is 16.7. The zero-order valence-electron chi connectivity index (χ0n) is 12.2. The number of hydrogen-bond donors (Lipinski definition) is 4. The van der Waals surface area contributed by atoms with Crippen molar-refractivity contribution < 1.29 is 19.7 Å². The Hall–Kier alpha value is -0.840. The van der Waals surface area contributed by atoms with Gasteiger partial charge in [0.1, 0.15) is 12.2 Å². The highest BCUT2D eigenvalue weighted by molar-refractivity contribution is 5.03. The summed E-state index contributed by atoms with van der Waals surface area (Å²) < 4.78 is 10.4. The quantitative estimate of drug-likeness (QED) is 0.377. The molecule has 4 atom stereocenters. The van der Waals surface area contributed by atoms with Crippen molar-refractivity contribution in [2.45, 2.75) is 37.7 Å². The Morgan fingerprint density at radius 1 is 1.40 bits per heavy atom. The fraction of sp³-hybridized carbons (Fsp3) is 0.857. The molecule has 0 spiro atoms. The van der Waals surface area contributed by atoms with E-state index in [1.165, 1.54) is 14.2 Å². The van der Waals surface area contributed by atoms with Crippen molar-refractivity contribution in [2.75, 3.05) is 27.3 Å². The molecule has 4 unspecified atom stereocenters. The van der Waals surface area contributed by atoms with Gasteiger partial charge in [-0.1, -0.05) is 0 Å². The molecule has 0 saturated carbocycles. The van der Waals surface area contributed by atoms with Crippen LogP contribution in [0.1, 0.15) is 19.3 Å². The number of nitrogens with two attached hydrogens (primary N) is 1. The molecule has 20 heavy (non-hydrogen) atoms. The van der Waals surface area contributed by atoms with Gasteiger partial charge in [-0.2, -0.15) is 0 Å². The number of nitrogens with one attached hydrogen (secondary N) is 1. The van der Waals surface area contributed by atoms with E-state index in [1.807, 2.05) is 0 Å². The van der Waals surface area contributed by atoms with E-state index in [2.05, 4.69) is 11.2 Å². The number of rotatable bonds is 7. The number of aliphatic hydroxyl groups excluding tert-OH is 2. The van der Waals surface area contributed by atoms with Crippen molar-refractivity contribution >= 4 is 0 Å². The minimum Gasteiger partial charge on any atom is -0.462 e. The normalized spacial score (nSPS) is 23.8. The third kappa shape index (κ3) is 4.93. The number of ether oxygens (including phenoxy) is 2. The first-order valence-electron chi connectivity index (χ1n) is 6.98. The minimum atomic E-state index is -0.996. The smallest absolute Gasteiger partial charge is 0.172 e. The second kappa shape index (κ2) is 9.16. The molecule has 1 aliphatic rings. The van der Waals surface area contributed by atoms with Crippen molar-refractivity contribution in [2.24, 2.45) is 17.6 Å². The standard InChI is InChI=1S/C14H26N2O4/c1-19-14(20-2)13(15)11(12(18)5-7-17)8-10-4-3-6-16-9-10/h10-14,16-18H,3-4,6,8-9,15H2,1-2H3. The largest absolute Gasteiger partial charge is 0.462 e. The molecule has 0 aliphatic carbocycles. The summed E-state index contributed by atoms with van der Waals surface area (Å²) in [5, 5.41) is 22.1. The average Bonchev–Trinajstić information content (AvgIpc) is 2.47. The van der Waals surface area contributed by atoms with E-state index in [9.17, 15) is 5.11 Å². The number of aliphatic hydroxyl groups is 2. The van der Waals surface area contributed by atoms with Crippen LogP contribution in [0.3, 0.4) is 0 Å². The Bertz CT molecular complexity index is 319. The summed E-state index contributed by atoms with van der Waals surface area (Å²) in [6.07, 6.45) is 3.09. The fourth-order valence-electron chi connectivity index (χ4n) is 2.79. The molecule has 0 aromatic rings. The molecule has 0 bridgehead atoms. The molecule has 116 valence electrons. The monoisotopic (exact) mass is 286 g/mol. The summed E-state index contributed by atoms with van der Waals surface area (Å²) in [6.45, 7) is 1.94. The van der Waals surface area contributed by atoms with E-state index in [1.54, 1.807) is 6.11 Å². The predicted octanol–water partition coefficient (Wildman–Crippen LogP) is -0.367. The molecule has 1 heterocycles. The first-order chi connectivity index (χ1) is 9.63. The molecular formula is C14H26N2O4. The van der Waals surface area contributed by atoms with Gasteiger partial charge in [0.15, 0.2) is 6.29 Å². The average molecular weight is 286 g/mol. The highest BCUT2D eigenvalue weighted by Crippen LogP contribution is 2.25. The molecule has 5 N–H and O–H groups in total. The van der Waals surface area contributed by atoms with Gasteiger partial charge in [-0.05, 0) is 44.2 Å². The summed E-state index contributed by atoms with van der Waals surface area (Å²) in [7, 11) is 3.02. The van der Waals surface area contributed by atoms with Gasteiger partial charge in [-0.3, -0.25) is 0 Å². The van der Waals surface area contributed by atoms with E-state index < -0.39 is 18.4 Å². The Balaban J connectivity index is 2.74. The van der Waals surface area contributed by atoms with Crippen molar-refractivity contribution in [1.29, 1.82) is 0 Å². The lowest BCUT2D eigenvalue weighted by molar-refractivity contribution is -0.133. The lowest BCUT2D eigenvalue weighted by atomic mass is 9.82. The third-order valence-electron chi connectivity index (χ3n) is 3.90. The van der Waals surface area contributed by atoms with Gasteiger partial charge in [-0.25, -0.2) is 0 Å². The molecule has 1 saturated heterocycles. The Kier molecular flexibility index (Phi) is 7.88. The van der Waals surface area contributed by atoms with Crippen molar-refractivity contribution in [3.8, 4) is 12.0 Å². The topological polar surface area (TPSA) is 97.0 Å². The summed E-state index contributed by atoms with van der Waals surface area (Å²) in [5.74, 6) is 2.49. The minimum absolute atomic E-state index is 0.315. The van der Waals surface area contributed by atoms with Crippen LogP contribution in [0, 0.1) is 23.9 Å². The van der Waals surface area contributed by atoms with Crippen LogP contribution in [0.5, 0.6) is 0 Å². The van der Waals surface area contributed by atoms with Gasteiger partial charge >= 0.3 is 0 Å². The van der Waals surface area contributed by atoms with E-state index >= 15 is 0 Å². The molecule has 0 radical (unpaired) electrons. The van der Waals surface area contributed by atoms with Crippen LogP contribution in [0.15, 0.2) is 0 Å². The van der Waals surface area contributed by atoms with Gasteiger partial charge in [0.05, 0.1) is 6.04 Å². The van der Waals surface area contributed by atoms with Crippen LogP contribution in [0.4, 0.5) is 0 Å². The van der Waals surface area contributed by atoms with Crippen molar-refractivity contribution in [3.63, 3.8) is 0 Å². The van der Waals surface area contributed by atoms with Gasteiger partial charge in [0.2, 0.25) is 0 Å². The van der Waals surface area contributed by atoms with Gasteiger partial charge in [0.25, 0.3) is 0 Å². The molecule has 0 aromatic heterocycles. The first-order valence-corrected chi connectivity index (χ1v) is 6.98. The fourth-order valence-corrected chi connectivity index (χ4v) is 2.79. The summed E-state index contributed by atoms with van der Waals surface area (Å²) in [4.78, 5) is 0. The molecular weight excluding hydrogens is 260 g/mol. The van der Waals surface area contributed by atoms with Crippen LogP contribution < -0.4 is 11.1 Å². The number of hydrogen-bond acceptors (Lipinski definition) is 6. The Morgan fingerprint density at radius 3 is 2.60 bits per heavy atom. The Labute approximate surface area is 120 Å². The maximum absolute atomic E-state index is 10.1. The van der Waals surface area contributed by atoms with Crippen LogP contribution in [-0.4, -0.2) is 56.0 Å². The SMILES string of the molecule is COC(OC)C(N)C(CC1CCCNC1)C(O)C#CO. The van der Waals surface area contributed by atoms with E-state index in [0.29, 0.717) is 12.3 Å². The van der Waals surface area contributed by atoms with Crippen LogP contribution in [-0.2, 0) is 9.47 Å². The van der Waals surface area contributed by atoms with E-state index in [0.717, 1.165) is 25.9 Å². The zero-order chi connectivity index (χ0) is 15.0. The summed E-state index contributed by atoms with van der Waals surface area (Å²) in [6, 6.07) is -0.511. The van der Waals surface area contributed by atoms with Crippen LogP contribution in [0.2, 0.25) is 0 Å². The second-order valence-electron chi connectivity index (χ2n) is 5.23. The summed E-state index contributed by atoms with van der Waals surface area (Å²) in [5.41, 5.74) is 6.15. The molecule has 1 rings (SSSR count). The maximum Gasteiger partial charge on any atom is 0.172 e. The van der Waals surface area contributed by atoms with Gasteiger partial charge in [0, 0.05) is 20.1 Å². The van der Waals surface area contributed by atoms with E-state index in [4.69, 9.17) is 20.3 Å². The predicted molar refractivity (Wildman–Crippen MR) is 75.2 cm³/mol. The zero-order valence-corrected chi connectivity index (χ0v) is 12.2. The summed E-state index contributed by atoms with van der Waals surface area (Å²) >= 11 is 0. The maximum atomic E-state index is 10.1. The molecule has 1 fully saturated rings. The highest BCUT2D eigenvalue weighted by Gasteiger charge is 2.33. The van der Waals surface area contributed by atoms with Crippen LogP contribution in [0.25, 0.3) is 0 Å². The lowest BCUT2D eigenvalue weighted by Crippen LogP contribution is -2.49. The number of piperidine rings is 1. The van der Waals surface area contributed by atoms with Gasteiger partial charge in [-0.15, -0.1) is 0 Å². The van der Waals surface area contributed by atoms with Crippen LogP contribution >= 0.6 is 0 Å². The third-order valence-corrected chi connectivity index (χ3v) is 3.90. The number of methoxy groups -OCH3 is 2. The van der Waals surface area contributed by atoms with Gasteiger partial charge < -0.3 is 30.7 Å². The molecule has 1 aliphatic heterocycles. The lowest BCUT2D eigenvalue weighted by Gasteiger charge is -2.34. The first kappa shape index (κ1) is 17.2. The molecule has 6 heteroatoms. The van der Waals surface area contributed by atoms with E-state index in [-0.39, 0.29) is 5.92 Å². The van der Waals surface area contributed by atoms with Crippen molar-refractivity contribution in [3.05, 3.63) is 0 Å². The van der Waals surface area contributed by atoms with Crippen molar-refractivity contribution in [1.82, 2.24) is 5.32 Å². The molecule has 0 aromatic carbocycles. The molecule has 0 amide bonds. The Morgan fingerprint density at radius 2 is 2.10 bits per heavy atom.